The molecule has 0 fully saturated rings. The molecule has 0 aromatic carbocycles. The summed E-state index contributed by atoms with van der Waals surface area (Å²) in [5.74, 6) is -0.712. The second kappa shape index (κ2) is 5.76. The lowest BCUT2D eigenvalue weighted by Crippen LogP contribution is -2.17. The Morgan fingerprint density at radius 2 is 2.45 bits per heavy atom. The van der Waals surface area contributed by atoms with Crippen molar-refractivity contribution in [3.05, 3.63) is 0 Å². The molecule has 0 aliphatic rings. The van der Waals surface area contributed by atoms with Crippen molar-refractivity contribution in [3.8, 4) is 0 Å². The van der Waals surface area contributed by atoms with Crippen molar-refractivity contribution in [3.63, 3.8) is 0 Å². The number of methoxy groups -OCH3 is 1. The molecule has 0 aliphatic carbocycles. The maximum atomic E-state index is 10.8. The number of ether oxygens (including phenoxy) is 1. The first-order chi connectivity index (χ1) is 5.26. The molecule has 0 saturated carbocycles. The first-order valence-electron chi connectivity index (χ1n) is 3.31. The standard InChI is InChI=1S/C6H11BNO3/c1-3-5(6(9)10-2)7-11-4-8/h4-5,8H,3H2,1-2H3/t5-/m0/s1. The summed E-state index contributed by atoms with van der Waals surface area (Å²) in [6, 6.07) is 0. The van der Waals surface area contributed by atoms with Crippen molar-refractivity contribution in [2.75, 3.05) is 7.11 Å². The Balaban J connectivity index is 3.74. The predicted molar refractivity (Wildman–Crippen MR) is 41.7 cm³/mol. The number of nitrogens with one attached hydrogen (secondary N) is 1. The van der Waals surface area contributed by atoms with Crippen molar-refractivity contribution in [1.29, 1.82) is 5.41 Å². The van der Waals surface area contributed by atoms with Gasteiger partial charge in [0.05, 0.1) is 12.9 Å². The van der Waals surface area contributed by atoms with Crippen LogP contribution in [0.4, 0.5) is 0 Å². The Morgan fingerprint density at radius 3 is 2.82 bits per heavy atom. The van der Waals surface area contributed by atoms with Crippen LogP contribution in [0.1, 0.15) is 13.3 Å². The van der Waals surface area contributed by atoms with Gasteiger partial charge in [-0.2, -0.15) is 0 Å². The van der Waals surface area contributed by atoms with Crippen LogP contribution >= 0.6 is 0 Å². The molecule has 5 heteroatoms. The van der Waals surface area contributed by atoms with Crippen LogP contribution in [0, 0.1) is 5.41 Å². The van der Waals surface area contributed by atoms with Gasteiger partial charge in [0.25, 0.3) is 0 Å². The van der Waals surface area contributed by atoms with Crippen molar-refractivity contribution in [2.24, 2.45) is 0 Å². The number of carbonyl (C=O) groups is 1. The fraction of sp³-hybridized carbons (Fsp3) is 0.667. The van der Waals surface area contributed by atoms with Gasteiger partial charge >= 0.3 is 13.5 Å². The second-order valence-corrected chi connectivity index (χ2v) is 1.93. The molecular weight excluding hydrogens is 145 g/mol. The zero-order valence-electron chi connectivity index (χ0n) is 6.66. The minimum atomic E-state index is -0.374. The highest BCUT2D eigenvalue weighted by Crippen LogP contribution is 2.09. The van der Waals surface area contributed by atoms with Gasteiger partial charge in [-0.3, -0.25) is 10.2 Å². The highest BCUT2D eigenvalue weighted by molar-refractivity contribution is 6.38. The maximum Gasteiger partial charge on any atom is 0.386 e. The third-order valence-corrected chi connectivity index (χ3v) is 1.25. The lowest BCUT2D eigenvalue weighted by Gasteiger charge is -2.07. The lowest BCUT2D eigenvalue weighted by atomic mass is 9.78. The Labute approximate surface area is 66.7 Å². The van der Waals surface area contributed by atoms with Gasteiger partial charge in [-0.25, -0.2) is 0 Å². The molecule has 4 nitrogen and oxygen atoms in total. The summed E-state index contributed by atoms with van der Waals surface area (Å²) in [4.78, 5) is 10.8. The molecule has 0 unspecified atom stereocenters. The van der Waals surface area contributed by atoms with Crippen molar-refractivity contribution >= 4 is 19.9 Å². The highest BCUT2D eigenvalue weighted by atomic mass is 16.5. The molecule has 61 valence electrons. The van der Waals surface area contributed by atoms with Crippen LogP contribution in [0.15, 0.2) is 0 Å². The molecule has 1 N–H and O–H groups in total. The SMILES string of the molecule is CC[C@H]([B]OC=N)C(=O)OC. The summed E-state index contributed by atoms with van der Waals surface area (Å²) in [7, 11) is 2.61. The predicted octanol–water partition coefficient (Wildman–Crippen LogP) is 0.601. The highest BCUT2D eigenvalue weighted by Gasteiger charge is 2.19. The lowest BCUT2D eigenvalue weighted by molar-refractivity contribution is -0.140. The van der Waals surface area contributed by atoms with Crippen LogP contribution in [0.5, 0.6) is 0 Å². The molecule has 0 aromatic heterocycles. The van der Waals surface area contributed by atoms with Crippen LogP contribution in [-0.2, 0) is 14.2 Å². The molecule has 1 radical (unpaired) electrons. The fourth-order valence-electron chi connectivity index (χ4n) is 0.604. The summed E-state index contributed by atoms with van der Waals surface area (Å²) in [6.07, 6.45) is 1.38. The second-order valence-electron chi connectivity index (χ2n) is 1.93. The van der Waals surface area contributed by atoms with Crippen LogP contribution in [0.25, 0.3) is 0 Å². The maximum absolute atomic E-state index is 10.8. The normalized spacial score (nSPS) is 11.5. The van der Waals surface area contributed by atoms with Crippen LogP contribution in [0.3, 0.4) is 0 Å². The van der Waals surface area contributed by atoms with Gasteiger partial charge < -0.3 is 9.39 Å². The van der Waals surface area contributed by atoms with E-state index >= 15 is 0 Å². The van der Waals surface area contributed by atoms with Gasteiger partial charge in [-0.1, -0.05) is 6.92 Å². The van der Waals surface area contributed by atoms with Crippen molar-refractivity contribution in [2.45, 2.75) is 19.2 Å². The molecule has 0 rings (SSSR count). The summed E-state index contributed by atoms with van der Waals surface area (Å²) >= 11 is 0. The van der Waals surface area contributed by atoms with Crippen molar-refractivity contribution < 1.29 is 14.2 Å². The molecule has 0 aromatic rings. The molecule has 0 spiro atoms. The molecule has 0 amide bonds. The van der Waals surface area contributed by atoms with Gasteiger partial charge in [0, 0.05) is 0 Å². The first kappa shape index (κ1) is 10.0. The van der Waals surface area contributed by atoms with E-state index in [1.165, 1.54) is 14.6 Å². The van der Waals surface area contributed by atoms with E-state index in [1.54, 1.807) is 0 Å². The molecule has 0 aliphatic heterocycles. The number of hydrogen-bond donors (Lipinski definition) is 1. The van der Waals surface area contributed by atoms with Crippen molar-refractivity contribution in [1.82, 2.24) is 0 Å². The van der Waals surface area contributed by atoms with Gasteiger partial charge in [0.1, 0.15) is 6.40 Å². The van der Waals surface area contributed by atoms with Crippen LogP contribution in [0.2, 0.25) is 5.82 Å². The topological polar surface area (TPSA) is 59.4 Å². The molecule has 1 atom stereocenters. The minimum Gasteiger partial charge on any atom is -0.555 e. The Bertz CT molecular complexity index is 140. The van der Waals surface area contributed by atoms with Crippen LogP contribution < -0.4 is 0 Å². The average Bonchev–Trinajstić information content (AvgIpc) is 2.05. The van der Waals surface area contributed by atoms with Gasteiger partial charge in [0.15, 0.2) is 0 Å². The smallest absolute Gasteiger partial charge is 0.386 e. The third-order valence-electron chi connectivity index (χ3n) is 1.25. The summed E-state index contributed by atoms with van der Waals surface area (Å²) < 4.78 is 9.00. The number of esters is 1. The van der Waals surface area contributed by atoms with E-state index in [-0.39, 0.29) is 11.8 Å². The van der Waals surface area contributed by atoms with E-state index in [0.29, 0.717) is 6.42 Å². The van der Waals surface area contributed by atoms with E-state index in [0.717, 1.165) is 6.40 Å². The molecular formula is C6H11BNO3. The molecule has 0 bridgehead atoms. The summed E-state index contributed by atoms with van der Waals surface area (Å²) in [5, 5.41) is 6.54. The van der Waals surface area contributed by atoms with Gasteiger partial charge in [-0.15, -0.1) is 0 Å². The summed E-state index contributed by atoms with van der Waals surface area (Å²) in [6.45, 7) is 1.84. The van der Waals surface area contributed by atoms with E-state index in [4.69, 9.17) is 5.41 Å². The summed E-state index contributed by atoms with van der Waals surface area (Å²) in [5.41, 5.74) is 0. The van der Waals surface area contributed by atoms with E-state index in [2.05, 4.69) is 9.39 Å². The molecule has 0 heterocycles. The Hall–Kier alpha value is -0.995. The third kappa shape index (κ3) is 3.65. The quantitative estimate of drug-likeness (QED) is 0.274. The van der Waals surface area contributed by atoms with E-state index < -0.39 is 0 Å². The van der Waals surface area contributed by atoms with Gasteiger partial charge in [0.2, 0.25) is 0 Å². The van der Waals surface area contributed by atoms with Crippen LogP contribution in [-0.4, -0.2) is 27.0 Å². The minimum absolute atomic E-state index is 0.339. The zero-order chi connectivity index (χ0) is 8.69. The Kier molecular flexibility index (Phi) is 5.24. The first-order valence-corrected chi connectivity index (χ1v) is 3.31. The zero-order valence-corrected chi connectivity index (χ0v) is 6.66. The van der Waals surface area contributed by atoms with E-state index in [1.807, 2.05) is 6.92 Å². The monoisotopic (exact) mass is 156 g/mol. The Morgan fingerprint density at radius 1 is 1.82 bits per heavy atom. The molecule has 11 heavy (non-hydrogen) atoms. The number of hydrogen-bond acceptors (Lipinski definition) is 4. The average molecular weight is 156 g/mol. The molecule has 0 saturated heterocycles. The number of rotatable bonds is 5. The van der Waals surface area contributed by atoms with Gasteiger partial charge in [-0.05, 0) is 6.42 Å². The number of carbonyl (C=O) groups excluding carboxylic acids is 1. The fourth-order valence-corrected chi connectivity index (χ4v) is 0.604. The van der Waals surface area contributed by atoms with E-state index in [9.17, 15) is 4.79 Å². The largest absolute Gasteiger partial charge is 0.555 e.